The Morgan fingerprint density at radius 2 is 2.00 bits per heavy atom. The molecular weight excluding hydrogens is 383 g/mol. The summed E-state index contributed by atoms with van der Waals surface area (Å²) in [5, 5.41) is 5.95. The highest BCUT2D eigenvalue weighted by Gasteiger charge is 2.35. The van der Waals surface area contributed by atoms with Crippen LogP contribution in [0.5, 0.6) is 0 Å². The Bertz CT molecular complexity index is 641. The minimum Gasteiger partial charge on any atom is -0.355 e. The first kappa shape index (κ1) is 23.2. The molecule has 2 amide bonds. The second-order valence-electron chi connectivity index (χ2n) is 6.41. The first-order chi connectivity index (χ1) is 12.3. The molecule has 0 bridgehead atoms. The molecule has 2 rings (SSSR count). The molecule has 1 heterocycles. The van der Waals surface area contributed by atoms with Gasteiger partial charge in [0.25, 0.3) is 0 Å². The summed E-state index contributed by atoms with van der Waals surface area (Å²) in [6, 6.07) is 4.92. The maximum atomic E-state index is 12.8. The molecule has 1 fully saturated rings. The van der Waals surface area contributed by atoms with Crippen LogP contribution in [0.25, 0.3) is 0 Å². The van der Waals surface area contributed by atoms with Crippen molar-refractivity contribution >= 4 is 24.2 Å². The molecule has 152 valence electrons. The second kappa shape index (κ2) is 10.5. The zero-order chi connectivity index (χ0) is 19.2. The van der Waals surface area contributed by atoms with E-state index in [4.69, 9.17) is 0 Å². The lowest BCUT2D eigenvalue weighted by Crippen LogP contribution is -2.37. The van der Waals surface area contributed by atoms with Crippen molar-refractivity contribution in [3.8, 4) is 0 Å². The monoisotopic (exact) mass is 407 g/mol. The number of rotatable bonds is 8. The summed E-state index contributed by atoms with van der Waals surface area (Å²) in [7, 11) is 0. The molecule has 0 aromatic heterocycles. The number of nitrogens with one attached hydrogen (secondary N) is 2. The first-order valence-electron chi connectivity index (χ1n) is 8.73. The van der Waals surface area contributed by atoms with Crippen molar-refractivity contribution in [1.82, 2.24) is 15.5 Å². The maximum Gasteiger partial charge on any atom is 0.416 e. The van der Waals surface area contributed by atoms with Crippen molar-refractivity contribution in [1.29, 1.82) is 0 Å². The number of likely N-dealkylation sites (tertiary alicyclic amines) is 1. The van der Waals surface area contributed by atoms with Crippen LogP contribution < -0.4 is 10.6 Å². The number of halogens is 4. The van der Waals surface area contributed by atoms with Crippen LogP contribution in [-0.2, 0) is 22.3 Å². The number of amides is 2. The third-order valence-electron chi connectivity index (χ3n) is 4.24. The van der Waals surface area contributed by atoms with Gasteiger partial charge in [0.1, 0.15) is 0 Å². The largest absolute Gasteiger partial charge is 0.416 e. The van der Waals surface area contributed by atoms with Gasteiger partial charge >= 0.3 is 6.18 Å². The van der Waals surface area contributed by atoms with E-state index < -0.39 is 17.7 Å². The van der Waals surface area contributed by atoms with Crippen LogP contribution in [0.4, 0.5) is 13.2 Å². The van der Waals surface area contributed by atoms with Crippen molar-refractivity contribution in [3.63, 3.8) is 0 Å². The fourth-order valence-electron chi connectivity index (χ4n) is 2.89. The van der Waals surface area contributed by atoms with Crippen molar-refractivity contribution in [2.75, 3.05) is 26.2 Å². The molecular formula is C18H25ClF3N3O2. The van der Waals surface area contributed by atoms with Crippen LogP contribution in [0.2, 0.25) is 0 Å². The van der Waals surface area contributed by atoms with Gasteiger partial charge in [0.2, 0.25) is 11.8 Å². The molecule has 1 atom stereocenters. The van der Waals surface area contributed by atoms with Crippen molar-refractivity contribution < 1.29 is 22.8 Å². The smallest absolute Gasteiger partial charge is 0.355 e. The molecule has 2 N–H and O–H groups in total. The van der Waals surface area contributed by atoms with Crippen molar-refractivity contribution in [2.24, 2.45) is 5.92 Å². The van der Waals surface area contributed by atoms with Gasteiger partial charge in [-0.25, -0.2) is 0 Å². The van der Waals surface area contributed by atoms with Gasteiger partial charge in [0, 0.05) is 32.6 Å². The van der Waals surface area contributed by atoms with Gasteiger partial charge in [-0.2, -0.15) is 13.2 Å². The van der Waals surface area contributed by atoms with E-state index in [1.807, 2.05) is 0 Å². The first-order valence-corrected chi connectivity index (χ1v) is 8.73. The van der Waals surface area contributed by atoms with Crippen molar-refractivity contribution in [2.45, 2.75) is 32.5 Å². The Morgan fingerprint density at radius 1 is 1.26 bits per heavy atom. The molecule has 0 saturated carbocycles. The average Bonchev–Trinajstić information content (AvgIpc) is 2.95. The standard InChI is InChI=1S/C18H24F3N3O2.ClH/c1-2-6-22-7-8-23-17(26)14-10-16(25)24(12-14)11-13-4-3-5-15(9-13)18(19,20)21;/h3-5,9,14,22H,2,6-8,10-12H2,1H3,(H,23,26);1H. The summed E-state index contributed by atoms with van der Waals surface area (Å²) in [5.41, 5.74) is -0.339. The van der Waals surface area contributed by atoms with E-state index in [2.05, 4.69) is 17.6 Å². The van der Waals surface area contributed by atoms with E-state index in [0.29, 0.717) is 18.7 Å². The van der Waals surface area contributed by atoms with Crippen molar-refractivity contribution in [3.05, 3.63) is 35.4 Å². The molecule has 0 aliphatic carbocycles. The zero-order valence-corrected chi connectivity index (χ0v) is 16.0. The van der Waals surface area contributed by atoms with Gasteiger partial charge in [-0.05, 0) is 30.7 Å². The molecule has 1 saturated heterocycles. The topological polar surface area (TPSA) is 61.4 Å². The number of carbonyl (C=O) groups excluding carboxylic acids is 2. The predicted molar refractivity (Wildman–Crippen MR) is 98.4 cm³/mol. The molecule has 5 nitrogen and oxygen atoms in total. The molecule has 0 spiro atoms. The summed E-state index contributed by atoms with van der Waals surface area (Å²) in [4.78, 5) is 25.7. The van der Waals surface area contributed by atoms with Gasteiger partial charge in [0.05, 0.1) is 11.5 Å². The molecule has 1 aliphatic rings. The van der Waals surface area contributed by atoms with Crippen LogP contribution in [0.15, 0.2) is 24.3 Å². The lowest BCUT2D eigenvalue weighted by Gasteiger charge is -2.17. The Balaban J connectivity index is 0.00000364. The highest BCUT2D eigenvalue weighted by atomic mass is 35.5. The highest BCUT2D eigenvalue weighted by molar-refractivity contribution is 5.89. The maximum absolute atomic E-state index is 12.8. The number of hydrogen-bond acceptors (Lipinski definition) is 3. The van der Waals surface area contributed by atoms with E-state index >= 15 is 0 Å². The minimum absolute atomic E-state index is 0. The third kappa shape index (κ3) is 7.03. The Morgan fingerprint density at radius 3 is 2.67 bits per heavy atom. The number of nitrogens with zero attached hydrogens (tertiary/aromatic N) is 1. The third-order valence-corrected chi connectivity index (χ3v) is 4.24. The molecule has 1 aromatic carbocycles. The van der Waals surface area contributed by atoms with Crippen LogP contribution in [0.1, 0.15) is 30.9 Å². The molecule has 9 heteroatoms. The molecule has 0 radical (unpaired) electrons. The summed E-state index contributed by atoms with van der Waals surface area (Å²) >= 11 is 0. The van der Waals surface area contributed by atoms with Crippen LogP contribution in [0, 0.1) is 5.92 Å². The summed E-state index contributed by atoms with van der Waals surface area (Å²) in [5.74, 6) is -0.866. The SMILES string of the molecule is CCCNCCNC(=O)C1CC(=O)N(Cc2cccc(C(F)(F)F)c2)C1.Cl. The fraction of sp³-hybridized carbons (Fsp3) is 0.556. The minimum atomic E-state index is -4.42. The molecule has 1 aromatic rings. The fourth-order valence-corrected chi connectivity index (χ4v) is 2.89. The Kier molecular flexibility index (Phi) is 9.05. The van der Waals surface area contributed by atoms with Crippen LogP contribution >= 0.6 is 12.4 Å². The normalized spacial score (nSPS) is 17.0. The van der Waals surface area contributed by atoms with Gasteiger partial charge in [0.15, 0.2) is 0 Å². The molecule has 27 heavy (non-hydrogen) atoms. The summed E-state index contributed by atoms with van der Waals surface area (Å²) < 4.78 is 38.4. The van der Waals surface area contributed by atoms with Crippen LogP contribution in [0.3, 0.4) is 0 Å². The summed E-state index contributed by atoms with van der Waals surface area (Å²) in [6.45, 7) is 4.37. The zero-order valence-electron chi connectivity index (χ0n) is 15.1. The highest BCUT2D eigenvalue weighted by Crippen LogP contribution is 2.30. The van der Waals surface area contributed by atoms with E-state index in [-0.39, 0.29) is 43.7 Å². The Labute approximate surface area is 163 Å². The van der Waals surface area contributed by atoms with Gasteiger partial charge in [-0.1, -0.05) is 19.1 Å². The average molecular weight is 408 g/mol. The quantitative estimate of drug-likeness (QED) is 0.651. The van der Waals surface area contributed by atoms with Gasteiger partial charge < -0.3 is 15.5 Å². The van der Waals surface area contributed by atoms with Gasteiger partial charge in [-0.15, -0.1) is 12.4 Å². The van der Waals surface area contributed by atoms with E-state index in [1.165, 1.54) is 11.0 Å². The molecule has 1 aliphatic heterocycles. The van der Waals surface area contributed by atoms with E-state index in [0.717, 1.165) is 25.1 Å². The van der Waals surface area contributed by atoms with Crippen LogP contribution in [-0.4, -0.2) is 42.9 Å². The van der Waals surface area contributed by atoms with E-state index in [9.17, 15) is 22.8 Å². The lowest BCUT2D eigenvalue weighted by molar-refractivity contribution is -0.137. The number of benzene rings is 1. The number of carbonyl (C=O) groups is 2. The van der Waals surface area contributed by atoms with Gasteiger partial charge in [-0.3, -0.25) is 9.59 Å². The Hall–Kier alpha value is -1.80. The number of hydrogen-bond donors (Lipinski definition) is 2. The predicted octanol–water partition coefficient (Wildman–Crippen LogP) is 2.59. The number of alkyl halides is 3. The molecule has 1 unspecified atom stereocenters. The van der Waals surface area contributed by atoms with E-state index in [1.54, 1.807) is 6.07 Å². The lowest BCUT2D eigenvalue weighted by atomic mass is 10.1. The second-order valence-corrected chi connectivity index (χ2v) is 6.41. The summed E-state index contributed by atoms with van der Waals surface area (Å²) in [6.07, 6.45) is -3.32.